The fourth-order valence-electron chi connectivity index (χ4n) is 2.53. The minimum Gasteiger partial charge on any atom is -0.497 e. The largest absolute Gasteiger partial charge is 0.497 e. The number of anilines is 1. The van der Waals surface area contributed by atoms with Gasteiger partial charge in [-0.15, -0.1) is 0 Å². The first-order valence-corrected chi connectivity index (χ1v) is 8.74. The number of nitrogens with one attached hydrogen (secondary N) is 1. The third-order valence-electron chi connectivity index (χ3n) is 4.25. The monoisotopic (exact) mass is 409 g/mol. The van der Waals surface area contributed by atoms with Crippen molar-refractivity contribution in [2.24, 2.45) is 0 Å². The molecule has 9 heteroatoms. The van der Waals surface area contributed by atoms with Crippen molar-refractivity contribution >= 4 is 29.3 Å². The Bertz CT molecular complexity index is 1070. The average Bonchev–Trinajstić information content (AvgIpc) is 2.73. The number of hydrogen-bond acceptors (Lipinski definition) is 7. The number of rotatable bonds is 7. The van der Waals surface area contributed by atoms with Crippen molar-refractivity contribution in [1.29, 1.82) is 5.26 Å². The zero-order chi connectivity index (χ0) is 22.3. The number of esters is 1. The highest BCUT2D eigenvalue weighted by Gasteiger charge is 2.20. The van der Waals surface area contributed by atoms with Gasteiger partial charge in [-0.1, -0.05) is 18.2 Å². The van der Waals surface area contributed by atoms with Crippen LogP contribution < -0.4 is 10.1 Å². The lowest BCUT2D eigenvalue weighted by molar-refractivity contribution is -0.384. The van der Waals surface area contributed by atoms with E-state index in [1.165, 1.54) is 19.3 Å². The number of nitro benzene ring substituents is 1. The molecule has 0 atom stereocenters. The van der Waals surface area contributed by atoms with E-state index in [1.54, 1.807) is 50.2 Å². The molecule has 0 aromatic heterocycles. The molecule has 0 fully saturated rings. The van der Waals surface area contributed by atoms with Crippen molar-refractivity contribution < 1.29 is 24.0 Å². The lowest BCUT2D eigenvalue weighted by Crippen LogP contribution is -2.22. The Morgan fingerprint density at radius 3 is 2.63 bits per heavy atom. The summed E-state index contributed by atoms with van der Waals surface area (Å²) < 4.78 is 9.97. The number of aryl methyl sites for hydroxylation is 1. The molecule has 0 aliphatic carbocycles. The molecule has 0 saturated heterocycles. The Balaban J connectivity index is 2.10. The fraction of sp³-hybridized carbons (Fsp3) is 0.190. The minimum atomic E-state index is -0.995. The van der Waals surface area contributed by atoms with Crippen LogP contribution in [0, 0.1) is 35.3 Å². The Kier molecular flexibility index (Phi) is 7.25. The van der Waals surface area contributed by atoms with Crippen molar-refractivity contribution in [3.05, 3.63) is 68.8 Å². The molecular weight excluding hydrogens is 390 g/mol. The van der Waals surface area contributed by atoms with Crippen LogP contribution in [0.5, 0.6) is 5.75 Å². The van der Waals surface area contributed by atoms with Crippen LogP contribution in [0.1, 0.15) is 16.7 Å². The average molecular weight is 409 g/mol. The van der Waals surface area contributed by atoms with Gasteiger partial charge in [-0.25, -0.2) is 4.79 Å². The van der Waals surface area contributed by atoms with Gasteiger partial charge in [-0.05, 0) is 48.7 Å². The second-order valence-electron chi connectivity index (χ2n) is 6.23. The maximum atomic E-state index is 12.2. The van der Waals surface area contributed by atoms with Crippen LogP contribution in [0.3, 0.4) is 0 Å². The summed E-state index contributed by atoms with van der Waals surface area (Å²) in [4.78, 5) is 34.9. The van der Waals surface area contributed by atoms with Crippen LogP contribution in [-0.2, 0) is 14.3 Å². The summed E-state index contributed by atoms with van der Waals surface area (Å²) in [5.41, 5.74) is 1.27. The molecule has 2 rings (SSSR count). The topological polar surface area (TPSA) is 132 Å². The van der Waals surface area contributed by atoms with E-state index in [-0.39, 0.29) is 16.9 Å². The maximum absolute atomic E-state index is 12.2. The molecule has 0 spiro atoms. The highest BCUT2D eigenvalue weighted by molar-refractivity contribution is 6.00. The second kappa shape index (κ2) is 9.84. The van der Waals surface area contributed by atoms with Gasteiger partial charge in [0.1, 0.15) is 23.1 Å². The minimum absolute atomic E-state index is 0.0356. The molecule has 0 aliphatic heterocycles. The number of hydrogen-bond donors (Lipinski definition) is 1. The van der Waals surface area contributed by atoms with Gasteiger partial charge in [0.25, 0.3) is 11.6 Å². The van der Waals surface area contributed by atoms with Crippen molar-refractivity contribution in [2.75, 3.05) is 19.0 Å². The highest BCUT2D eigenvalue weighted by Crippen LogP contribution is 2.30. The van der Waals surface area contributed by atoms with E-state index in [2.05, 4.69) is 5.32 Å². The van der Waals surface area contributed by atoms with Gasteiger partial charge in [-0.2, -0.15) is 5.26 Å². The Labute approximate surface area is 172 Å². The van der Waals surface area contributed by atoms with Crippen molar-refractivity contribution in [3.63, 3.8) is 0 Å². The van der Waals surface area contributed by atoms with E-state index >= 15 is 0 Å². The first-order valence-electron chi connectivity index (χ1n) is 8.74. The van der Waals surface area contributed by atoms with Gasteiger partial charge in [0.2, 0.25) is 0 Å². The first-order chi connectivity index (χ1) is 14.3. The van der Waals surface area contributed by atoms with Crippen molar-refractivity contribution in [2.45, 2.75) is 13.8 Å². The molecule has 154 valence electrons. The molecular formula is C21H19N3O6. The molecule has 0 radical (unpaired) electrons. The number of nitro groups is 1. The summed E-state index contributed by atoms with van der Waals surface area (Å²) in [5, 5.41) is 22.8. The number of carbonyl (C=O) groups is 2. The lowest BCUT2D eigenvalue weighted by atomic mass is 10.1. The summed E-state index contributed by atoms with van der Waals surface area (Å²) in [6, 6.07) is 11.3. The van der Waals surface area contributed by atoms with Gasteiger partial charge in [-0.3, -0.25) is 14.9 Å². The number of ether oxygens (including phenoxy) is 2. The molecule has 30 heavy (non-hydrogen) atoms. The number of carbonyl (C=O) groups excluding carboxylic acids is 2. The first kappa shape index (κ1) is 22.1. The van der Waals surface area contributed by atoms with Gasteiger partial charge in [0.15, 0.2) is 6.61 Å². The molecule has 1 amide bonds. The zero-order valence-corrected chi connectivity index (χ0v) is 16.6. The SMILES string of the molecule is COc1cccc(/C=C(\C#N)C(=O)OCC(=O)Nc2c([N+](=O)[O-])ccc(C)c2C)c1. The summed E-state index contributed by atoms with van der Waals surface area (Å²) in [5.74, 6) is -1.21. The third kappa shape index (κ3) is 5.42. The highest BCUT2D eigenvalue weighted by atomic mass is 16.6. The van der Waals surface area contributed by atoms with E-state index in [9.17, 15) is 25.0 Å². The molecule has 2 aromatic rings. The van der Waals surface area contributed by atoms with Gasteiger partial charge in [0.05, 0.1) is 12.0 Å². The van der Waals surface area contributed by atoms with Crippen molar-refractivity contribution in [3.8, 4) is 11.8 Å². The molecule has 0 unspecified atom stereocenters. The normalized spacial score (nSPS) is 10.7. The number of methoxy groups -OCH3 is 1. The molecule has 0 aliphatic rings. The predicted octanol–water partition coefficient (Wildman–Crippen LogP) is 3.31. The van der Waals surface area contributed by atoms with Gasteiger partial charge in [0, 0.05) is 6.07 Å². The Morgan fingerprint density at radius 2 is 2.00 bits per heavy atom. The third-order valence-corrected chi connectivity index (χ3v) is 4.25. The number of nitriles is 1. The molecule has 0 saturated carbocycles. The summed E-state index contributed by atoms with van der Waals surface area (Å²) >= 11 is 0. The maximum Gasteiger partial charge on any atom is 0.349 e. The van der Waals surface area contributed by atoms with Gasteiger partial charge < -0.3 is 14.8 Å². The van der Waals surface area contributed by atoms with E-state index in [1.807, 2.05) is 0 Å². The van der Waals surface area contributed by atoms with E-state index < -0.39 is 23.4 Å². The van der Waals surface area contributed by atoms with E-state index in [4.69, 9.17) is 9.47 Å². The Morgan fingerprint density at radius 1 is 1.27 bits per heavy atom. The smallest absolute Gasteiger partial charge is 0.349 e. The molecule has 9 nitrogen and oxygen atoms in total. The number of nitrogens with zero attached hydrogens (tertiary/aromatic N) is 2. The van der Waals surface area contributed by atoms with Crippen LogP contribution >= 0.6 is 0 Å². The molecule has 2 aromatic carbocycles. The molecule has 1 N–H and O–H groups in total. The fourth-order valence-corrected chi connectivity index (χ4v) is 2.53. The zero-order valence-electron chi connectivity index (χ0n) is 16.6. The van der Waals surface area contributed by atoms with Crippen LogP contribution in [0.4, 0.5) is 11.4 Å². The predicted molar refractivity (Wildman–Crippen MR) is 109 cm³/mol. The standard InChI is InChI=1S/C21H19N3O6/c1-13-7-8-18(24(27)28)20(14(13)2)23-19(25)12-30-21(26)16(11-22)9-15-5-4-6-17(10-15)29-3/h4-10H,12H2,1-3H3,(H,23,25)/b16-9+. The number of benzene rings is 2. The van der Waals surface area contributed by atoms with E-state index in [0.717, 1.165) is 5.56 Å². The van der Waals surface area contributed by atoms with Crippen LogP contribution in [0.15, 0.2) is 42.0 Å². The lowest BCUT2D eigenvalue weighted by Gasteiger charge is -2.11. The quantitative estimate of drug-likeness (QED) is 0.244. The van der Waals surface area contributed by atoms with Crippen LogP contribution in [-0.4, -0.2) is 30.5 Å². The van der Waals surface area contributed by atoms with Gasteiger partial charge >= 0.3 is 5.97 Å². The summed E-state index contributed by atoms with van der Waals surface area (Å²) in [6.07, 6.45) is 1.30. The summed E-state index contributed by atoms with van der Waals surface area (Å²) in [7, 11) is 1.49. The number of amides is 1. The van der Waals surface area contributed by atoms with Crippen molar-refractivity contribution in [1.82, 2.24) is 0 Å². The van der Waals surface area contributed by atoms with Crippen LogP contribution in [0.2, 0.25) is 0 Å². The van der Waals surface area contributed by atoms with Crippen LogP contribution in [0.25, 0.3) is 6.08 Å². The second-order valence-corrected chi connectivity index (χ2v) is 6.23. The molecule has 0 heterocycles. The van der Waals surface area contributed by atoms with E-state index in [0.29, 0.717) is 16.9 Å². The molecule has 0 bridgehead atoms. The summed E-state index contributed by atoms with van der Waals surface area (Å²) in [6.45, 7) is 2.67. The Hall–Kier alpha value is -4.19.